The molecule has 1 aromatic heterocycles. The van der Waals surface area contributed by atoms with E-state index in [1.165, 1.54) is 6.92 Å². The van der Waals surface area contributed by atoms with Crippen LogP contribution in [0.15, 0.2) is 4.79 Å². The molecule has 74 valence electrons. The van der Waals surface area contributed by atoms with E-state index in [-0.39, 0.29) is 5.82 Å². The van der Waals surface area contributed by atoms with Crippen molar-refractivity contribution >= 4 is 10.2 Å². The summed E-state index contributed by atoms with van der Waals surface area (Å²) in [5, 5.41) is 10.3. The summed E-state index contributed by atoms with van der Waals surface area (Å²) in [6, 6.07) is -0.672. The third kappa shape index (κ3) is 2.97. The zero-order chi connectivity index (χ0) is 10.1. The normalized spacial score (nSPS) is 14.3. The van der Waals surface area contributed by atoms with Crippen LogP contribution in [-0.2, 0) is 10.2 Å². The molecule has 1 rings (SSSR count). The highest BCUT2D eigenvalue weighted by molar-refractivity contribution is 7.87. The van der Waals surface area contributed by atoms with Crippen LogP contribution in [0.2, 0.25) is 0 Å². The van der Waals surface area contributed by atoms with Crippen molar-refractivity contribution in [2.75, 3.05) is 0 Å². The van der Waals surface area contributed by atoms with Crippen LogP contribution in [0.5, 0.6) is 0 Å². The Labute approximate surface area is 73.7 Å². The number of hydrogen-bond donors (Lipinski definition) is 4. The molecule has 9 heteroatoms. The first-order valence-corrected chi connectivity index (χ1v) is 4.88. The molecule has 0 fully saturated rings. The number of rotatable bonds is 3. The fourth-order valence-corrected chi connectivity index (χ4v) is 1.39. The summed E-state index contributed by atoms with van der Waals surface area (Å²) in [7, 11) is -3.79. The van der Waals surface area contributed by atoms with Crippen molar-refractivity contribution in [2.24, 2.45) is 5.14 Å². The SMILES string of the molecule is CC(NS(N)(=O)=O)c1n[nH]c(=O)[nH]1. The Morgan fingerprint density at radius 3 is 2.62 bits per heavy atom. The van der Waals surface area contributed by atoms with E-state index in [1.807, 2.05) is 4.72 Å². The predicted octanol–water partition coefficient (Wildman–Crippen LogP) is -2.05. The Morgan fingerprint density at radius 2 is 2.23 bits per heavy atom. The van der Waals surface area contributed by atoms with Crippen LogP contribution in [0.25, 0.3) is 0 Å². The molecule has 0 spiro atoms. The molecule has 0 aliphatic carbocycles. The number of aromatic amines is 2. The lowest BCUT2D eigenvalue weighted by Crippen LogP contribution is -2.33. The third-order valence-electron chi connectivity index (χ3n) is 1.27. The molecule has 0 amide bonds. The minimum Gasteiger partial charge on any atom is -0.292 e. The van der Waals surface area contributed by atoms with Crippen molar-refractivity contribution in [3.05, 3.63) is 16.3 Å². The molecule has 0 saturated carbocycles. The van der Waals surface area contributed by atoms with Gasteiger partial charge in [0.1, 0.15) is 5.82 Å². The van der Waals surface area contributed by atoms with Crippen LogP contribution in [0, 0.1) is 0 Å². The Hall–Kier alpha value is -1.19. The minimum atomic E-state index is -3.79. The molecule has 1 aromatic rings. The summed E-state index contributed by atoms with van der Waals surface area (Å²) < 4.78 is 23.2. The number of nitrogens with two attached hydrogens (primary N) is 1. The van der Waals surface area contributed by atoms with Crippen LogP contribution >= 0.6 is 0 Å². The highest BCUT2D eigenvalue weighted by Gasteiger charge is 2.13. The number of H-pyrrole nitrogens is 2. The minimum absolute atomic E-state index is 0.180. The highest BCUT2D eigenvalue weighted by Crippen LogP contribution is 2.02. The summed E-state index contributed by atoms with van der Waals surface area (Å²) in [6.45, 7) is 1.50. The van der Waals surface area contributed by atoms with Gasteiger partial charge in [0.05, 0.1) is 6.04 Å². The van der Waals surface area contributed by atoms with E-state index in [2.05, 4.69) is 15.2 Å². The van der Waals surface area contributed by atoms with Gasteiger partial charge in [-0.3, -0.25) is 4.98 Å². The van der Waals surface area contributed by atoms with Gasteiger partial charge in [-0.25, -0.2) is 15.0 Å². The van der Waals surface area contributed by atoms with E-state index in [1.54, 1.807) is 0 Å². The molecular formula is C4H9N5O3S. The fraction of sp³-hybridized carbons (Fsp3) is 0.500. The van der Waals surface area contributed by atoms with Gasteiger partial charge >= 0.3 is 5.69 Å². The molecule has 1 heterocycles. The average Bonchev–Trinajstić information content (AvgIpc) is 2.31. The lowest BCUT2D eigenvalue weighted by atomic mass is 10.3. The van der Waals surface area contributed by atoms with Gasteiger partial charge in [0, 0.05) is 0 Å². The topological polar surface area (TPSA) is 134 Å². The average molecular weight is 207 g/mol. The van der Waals surface area contributed by atoms with E-state index in [0.717, 1.165) is 0 Å². The van der Waals surface area contributed by atoms with Crippen molar-refractivity contribution in [1.82, 2.24) is 19.9 Å². The standard InChI is InChI=1S/C4H9N5O3S/c1-2(9-13(5,11)12)3-6-4(10)8-7-3/h2,9H,1H3,(H2,5,11,12)(H2,6,7,8,10). The van der Waals surface area contributed by atoms with Crippen LogP contribution in [0.3, 0.4) is 0 Å². The van der Waals surface area contributed by atoms with Gasteiger partial charge in [0.2, 0.25) is 0 Å². The van der Waals surface area contributed by atoms with Crippen molar-refractivity contribution in [3.8, 4) is 0 Å². The Bertz CT molecular complexity index is 431. The smallest absolute Gasteiger partial charge is 0.292 e. The second kappa shape index (κ2) is 3.28. The zero-order valence-corrected chi connectivity index (χ0v) is 7.55. The molecule has 5 N–H and O–H groups in total. The third-order valence-corrected chi connectivity index (χ3v) is 1.95. The lowest BCUT2D eigenvalue weighted by molar-refractivity contribution is 0.562. The van der Waals surface area contributed by atoms with Crippen molar-refractivity contribution in [2.45, 2.75) is 13.0 Å². The van der Waals surface area contributed by atoms with Gasteiger partial charge in [0.15, 0.2) is 0 Å². The van der Waals surface area contributed by atoms with E-state index in [4.69, 9.17) is 5.14 Å². The second-order valence-electron chi connectivity index (χ2n) is 2.45. The molecule has 0 saturated heterocycles. The van der Waals surface area contributed by atoms with E-state index < -0.39 is 21.9 Å². The summed E-state index contributed by atoms with van der Waals surface area (Å²) >= 11 is 0. The highest BCUT2D eigenvalue weighted by atomic mass is 32.2. The molecule has 1 unspecified atom stereocenters. The monoisotopic (exact) mass is 207 g/mol. The van der Waals surface area contributed by atoms with Gasteiger partial charge in [-0.15, -0.1) is 0 Å². The number of nitrogens with one attached hydrogen (secondary N) is 3. The van der Waals surface area contributed by atoms with Gasteiger partial charge in [-0.1, -0.05) is 0 Å². The van der Waals surface area contributed by atoms with Gasteiger partial charge in [-0.05, 0) is 6.92 Å². The summed E-state index contributed by atoms with van der Waals surface area (Å²) in [4.78, 5) is 12.9. The van der Waals surface area contributed by atoms with Gasteiger partial charge in [0.25, 0.3) is 10.2 Å². The largest absolute Gasteiger partial charge is 0.340 e. The first-order chi connectivity index (χ1) is 5.88. The maximum atomic E-state index is 10.6. The Kier molecular flexibility index (Phi) is 2.50. The maximum absolute atomic E-state index is 10.6. The first kappa shape index (κ1) is 9.89. The van der Waals surface area contributed by atoms with E-state index in [9.17, 15) is 13.2 Å². The molecule has 0 aliphatic heterocycles. The lowest BCUT2D eigenvalue weighted by Gasteiger charge is -2.06. The number of nitrogens with zero attached hydrogens (tertiary/aromatic N) is 1. The summed E-state index contributed by atoms with van der Waals surface area (Å²) in [6.07, 6.45) is 0. The molecule has 8 nitrogen and oxygen atoms in total. The molecule has 1 atom stereocenters. The van der Waals surface area contributed by atoms with Gasteiger partial charge in [-0.2, -0.15) is 18.2 Å². The quantitative estimate of drug-likeness (QED) is 0.454. The maximum Gasteiger partial charge on any atom is 0.340 e. The number of aromatic nitrogens is 3. The molecule has 0 aliphatic rings. The van der Waals surface area contributed by atoms with Crippen molar-refractivity contribution in [3.63, 3.8) is 0 Å². The van der Waals surface area contributed by atoms with Crippen LogP contribution in [-0.4, -0.2) is 23.6 Å². The summed E-state index contributed by atoms with van der Waals surface area (Å²) in [5.74, 6) is 0.180. The van der Waals surface area contributed by atoms with Crippen LogP contribution in [0.1, 0.15) is 18.8 Å². The van der Waals surface area contributed by atoms with Crippen molar-refractivity contribution < 1.29 is 8.42 Å². The predicted molar refractivity (Wildman–Crippen MR) is 43.9 cm³/mol. The first-order valence-electron chi connectivity index (χ1n) is 3.33. The second-order valence-corrected chi connectivity index (χ2v) is 3.77. The number of hydrogen-bond acceptors (Lipinski definition) is 4. The fourth-order valence-electron chi connectivity index (χ4n) is 0.791. The summed E-state index contributed by atoms with van der Waals surface area (Å²) in [5.41, 5.74) is -0.502. The van der Waals surface area contributed by atoms with Crippen LogP contribution < -0.4 is 15.6 Å². The van der Waals surface area contributed by atoms with Crippen LogP contribution in [0.4, 0.5) is 0 Å². The Balaban J connectivity index is 2.81. The zero-order valence-electron chi connectivity index (χ0n) is 6.73. The van der Waals surface area contributed by atoms with Gasteiger partial charge < -0.3 is 0 Å². The molecular weight excluding hydrogens is 198 g/mol. The molecule has 0 aromatic carbocycles. The van der Waals surface area contributed by atoms with E-state index >= 15 is 0 Å². The molecule has 13 heavy (non-hydrogen) atoms. The Morgan fingerprint density at radius 1 is 1.62 bits per heavy atom. The van der Waals surface area contributed by atoms with Crippen molar-refractivity contribution in [1.29, 1.82) is 0 Å². The molecule has 0 bridgehead atoms. The van der Waals surface area contributed by atoms with E-state index in [0.29, 0.717) is 0 Å². The molecule has 0 radical (unpaired) electrons.